The lowest BCUT2D eigenvalue weighted by Crippen LogP contribution is -2.32. The maximum atomic E-state index is 6.18. The zero-order valence-corrected chi connectivity index (χ0v) is 16.2. The second kappa shape index (κ2) is 6.20. The van der Waals surface area contributed by atoms with Crippen molar-refractivity contribution in [2.45, 2.75) is 59.2 Å². The molecule has 4 heterocycles. The quantitative estimate of drug-likeness (QED) is 0.701. The first-order valence-electron chi connectivity index (χ1n) is 9.32. The third kappa shape index (κ3) is 2.72. The first-order chi connectivity index (χ1) is 12.4. The highest BCUT2D eigenvalue weighted by molar-refractivity contribution is 6.06. The Labute approximate surface area is 153 Å². The first kappa shape index (κ1) is 17.2. The maximum Gasteiger partial charge on any atom is 0.229 e. The van der Waals surface area contributed by atoms with E-state index in [9.17, 15) is 0 Å². The van der Waals surface area contributed by atoms with E-state index in [1.807, 2.05) is 6.92 Å². The molecule has 3 aromatic rings. The molecular formula is C20H26N4O2. The molecule has 0 amide bonds. The number of hydrogen-bond acceptors (Lipinski definition) is 6. The van der Waals surface area contributed by atoms with Crippen LogP contribution in [0.1, 0.15) is 50.4 Å². The van der Waals surface area contributed by atoms with Gasteiger partial charge in [-0.3, -0.25) is 0 Å². The largest absolute Gasteiger partial charge is 0.432 e. The van der Waals surface area contributed by atoms with E-state index in [1.54, 1.807) is 6.33 Å². The topological polar surface area (TPSA) is 64.3 Å². The molecule has 0 N–H and O–H groups in total. The fourth-order valence-electron chi connectivity index (χ4n) is 3.73. The number of hydrogen-bond donors (Lipinski definition) is 0. The number of unbranched alkanes of at least 4 members (excludes halogenated alkanes) is 1. The second-order valence-electron chi connectivity index (χ2n) is 7.81. The van der Waals surface area contributed by atoms with Gasteiger partial charge in [-0.05, 0) is 32.8 Å². The molecule has 6 nitrogen and oxygen atoms in total. The van der Waals surface area contributed by atoms with Crippen LogP contribution in [-0.2, 0) is 17.8 Å². The number of aromatic nitrogens is 3. The Kier molecular flexibility index (Phi) is 4.10. The van der Waals surface area contributed by atoms with Crippen LogP contribution in [0.4, 0.5) is 5.82 Å². The van der Waals surface area contributed by atoms with Crippen molar-refractivity contribution in [2.24, 2.45) is 0 Å². The van der Waals surface area contributed by atoms with Gasteiger partial charge in [0.05, 0.1) is 17.6 Å². The van der Waals surface area contributed by atoms with Gasteiger partial charge >= 0.3 is 0 Å². The molecule has 0 aromatic carbocycles. The first-order valence-corrected chi connectivity index (χ1v) is 9.32. The Morgan fingerprint density at radius 2 is 2.04 bits per heavy atom. The van der Waals surface area contributed by atoms with Gasteiger partial charge in [-0.1, -0.05) is 13.3 Å². The van der Waals surface area contributed by atoms with Crippen molar-refractivity contribution in [3.05, 3.63) is 23.1 Å². The van der Waals surface area contributed by atoms with E-state index in [2.05, 4.69) is 42.7 Å². The van der Waals surface area contributed by atoms with Gasteiger partial charge in [0.15, 0.2) is 11.4 Å². The number of pyridine rings is 1. The van der Waals surface area contributed by atoms with Crippen molar-refractivity contribution in [1.29, 1.82) is 0 Å². The van der Waals surface area contributed by atoms with E-state index in [4.69, 9.17) is 14.1 Å². The van der Waals surface area contributed by atoms with E-state index in [1.165, 1.54) is 11.1 Å². The summed E-state index contributed by atoms with van der Waals surface area (Å²) in [5.41, 5.74) is 5.42. The molecule has 138 valence electrons. The van der Waals surface area contributed by atoms with Crippen molar-refractivity contribution in [2.75, 3.05) is 18.5 Å². The van der Waals surface area contributed by atoms with Crippen LogP contribution in [0.25, 0.3) is 22.2 Å². The number of furan rings is 1. The van der Waals surface area contributed by atoms with Gasteiger partial charge in [-0.15, -0.1) is 0 Å². The Morgan fingerprint density at radius 3 is 2.81 bits per heavy atom. The molecule has 0 unspecified atom stereocenters. The highest BCUT2D eigenvalue weighted by atomic mass is 16.5. The second-order valence-corrected chi connectivity index (χ2v) is 7.81. The number of rotatable bonds is 4. The van der Waals surface area contributed by atoms with Crippen LogP contribution in [-0.4, -0.2) is 34.1 Å². The predicted octanol–water partition coefficient (Wildman–Crippen LogP) is 4.17. The summed E-state index contributed by atoms with van der Waals surface area (Å²) in [5, 5.41) is 1.02. The number of fused-ring (bicyclic) bond motifs is 5. The summed E-state index contributed by atoms with van der Waals surface area (Å²) in [6.07, 6.45) is 4.70. The lowest BCUT2D eigenvalue weighted by molar-refractivity contribution is -0.0400. The average molecular weight is 354 g/mol. The molecule has 4 rings (SSSR count). The Balaban J connectivity index is 1.96. The van der Waals surface area contributed by atoms with Crippen molar-refractivity contribution < 1.29 is 9.15 Å². The van der Waals surface area contributed by atoms with E-state index < -0.39 is 0 Å². The van der Waals surface area contributed by atoms with Crippen LogP contribution in [0.3, 0.4) is 0 Å². The minimum atomic E-state index is -0.203. The molecular weight excluding hydrogens is 328 g/mol. The predicted molar refractivity (Wildman–Crippen MR) is 103 cm³/mol. The molecule has 0 spiro atoms. The van der Waals surface area contributed by atoms with Crippen LogP contribution in [0.15, 0.2) is 10.7 Å². The Hall–Kier alpha value is -2.21. The standard InChI is InChI=1S/C20H26N4O2/c1-6-7-8-24(5)18-17-16(21-11-22-18)15-13-9-20(3,4)25-10-14(13)12(2)23-19(15)26-17/h11H,6-10H2,1-5H3. The molecule has 6 heteroatoms. The molecule has 26 heavy (non-hydrogen) atoms. The number of anilines is 1. The molecule has 0 fully saturated rings. The molecule has 1 aliphatic heterocycles. The molecule has 0 bridgehead atoms. The molecule has 0 aliphatic carbocycles. The minimum absolute atomic E-state index is 0.203. The lowest BCUT2D eigenvalue weighted by atomic mass is 9.89. The van der Waals surface area contributed by atoms with Crippen molar-refractivity contribution >= 4 is 28.0 Å². The zero-order valence-electron chi connectivity index (χ0n) is 16.2. The van der Waals surface area contributed by atoms with E-state index in [0.717, 1.165) is 53.8 Å². The molecule has 0 saturated carbocycles. The van der Waals surface area contributed by atoms with Gasteiger partial charge in [0.25, 0.3) is 0 Å². The van der Waals surface area contributed by atoms with E-state index in [0.29, 0.717) is 12.3 Å². The summed E-state index contributed by atoms with van der Waals surface area (Å²) in [5.74, 6) is 0.833. The fraction of sp³-hybridized carbons (Fsp3) is 0.550. The van der Waals surface area contributed by atoms with Crippen LogP contribution in [0.2, 0.25) is 0 Å². The summed E-state index contributed by atoms with van der Waals surface area (Å²) in [4.78, 5) is 15.9. The third-order valence-corrected chi connectivity index (χ3v) is 5.22. The Morgan fingerprint density at radius 1 is 1.23 bits per heavy atom. The monoisotopic (exact) mass is 354 g/mol. The van der Waals surface area contributed by atoms with Crippen molar-refractivity contribution in [3.8, 4) is 0 Å². The SMILES string of the molecule is CCCCN(C)c1ncnc2c1oc1nc(C)c3c(c12)CC(C)(C)OC3. The number of ether oxygens (including phenoxy) is 1. The lowest BCUT2D eigenvalue weighted by Gasteiger charge is -2.32. The molecule has 3 aromatic heterocycles. The van der Waals surface area contributed by atoms with Crippen LogP contribution in [0.5, 0.6) is 0 Å². The normalized spacial score (nSPS) is 16.2. The highest BCUT2D eigenvalue weighted by Gasteiger charge is 2.31. The van der Waals surface area contributed by atoms with E-state index >= 15 is 0 Å². The van der Waals surface area contributed by atoms with Gasteiger partial charge in [-0.2, -0.15) is 0 Å². The average Bonchev–Trinajstić information content (AvgIpc) is 2.96. The summed E-state index contributed by atoms with van der Waals surface area (Å²) in [6, 6.07) is 0. The van der Waals surface area contributed by atoms with Crippen LogP contribution >= 0.6 is 0 Å². The Bertz CT molecular complexity index is 977. The summed E-state index contributed by atoms with van der Waals surface area (Å²) >= 11 is 0. The van der Waals surface area contributed by atoms with Crippen molar-refractivity contribution in [3.63, 3.8) is 0 Å². The van der Waals surface area contributed by atoms with Gasteiger partial charge in [0, 0.05) is 31.3 Å². The molecule has 0 saturated heterocycles. The fourth-order valence-corrected chi connectivity index (χ4v) is 3.73. The summed E-state index contributed by atoms with van der Waals surface area (Å²) < 4.78 is 12.2. The maximum absolute atomic E-state index is 6.18. The number of aryl methyl sites for hydroxylation is 1. The minimum Gasteiger partial charge on any atom is -0.432 e. The van der Waals surface area contributed by atoms with Crippen LogP contribution < -0.4 is 4.90 Å². The molecule has 0 atom stereocenters. The zero-order chi connectivity index (χ0) is 18.5. The van der Waals surface area contributed by atoms with Gasteiger partial charge < -0.3 is 14.1 Å². The highest BCUT2D eigenvalue weighted by Crippen LogP contribution is 2.39. The molecule has 0 radical (unpaired) electrons. The summed E-state index contributed by atoms with van der Waals surface area (Å²) in [7, 11) is 2.05. The van der Waals surface area contributed by atoms with E-state index in [-0.39, 0.29) is 5.60 Å². The van der Waals surface area contributed by atoms with Gasteiger partial charge in [0.1, 0.15) is 11.8 Å². The molecule has 1 aliphatic rings. The smallest absolute Gasteiger partial charge is 0.229 e. The van der Waals surface area contributed by atoms with Crippen LogP contribution in [0, 0.1) is 6.92 Å². The van der Waals surface area contributed by atoms with Gasteiger partial charge in [-0.25, -0.2) is 15.0 Å². The summed E-state index contributed by atoms with van der Waals surface area (Å²) in [6.45, 7) is 9.97. The van der Waals surface area contributed by atoms with Gasteiger partial charge in [0.2, 0.25) is 5.71 Å². The third-order valence-electron chi connectivity index (χ3n) is 5.22. The number of nitrogens with zero attached hydrogens (tertiary/aromatic N) is 4. The van der Waals surface area contributed by atoms with Crippen molar-refractivity contribution in [1.82, 2.24) is 15.0 Å².